The van der Waals surface area contributed by atoms with Crippen LogP contribution < -0.4 is 5.11 Å². The van der Waals surface area contributed by atoms with Crippen LogP contribution in [0.4, 0.5) is 0 Å². The maximum atomic E-state index is 10.2. The highest BCUT2D eigenvalue weighted by Crippen LogP contribution is 2.12. The van der Waals surface area contributed by atoms with Crippen molar-refractivity contribution in [1.29, 1.82) is 0 Å². The summed E-state index contributed by atoms with van der Waals surface area (Å²) in [5, 5.41) is 10.2. The summed E-state index contributed by atoms with van der Waals surface area (Å²) in [5.74, 6) is -0.962. The second-order valence-electron chi connectivity index (χ2n) is 9.59. The Morgan fingerprint density at radius 2 is 0.914 bits per heavy atom. The van der Waals surface area contributed by atoms with E-state index >= 15 is 0 Å². The van der Waals surface area contributed by atoms with Crippen LogP contribution >= 0.6 is 0 Å². The van der Waals surface area contributed by atoms with Gasteiger partial charge in [-0.1, -0.05) is 96.1 Å². The van der Waals surface area contributed by atoms with Gasteiger partial charge in [0, 0.05) is 5.97 Å². The number of allylic oxidation sites excluding steroid dienone is 8. The van der Waals surface area contributed by atoms with Crippen LogP contribution in [-0.4, -0.2) is 36.6 Å². The third-order valence-corrected chi connectivity index (χ3v) is 6.00. The molecule has 0 aromatic carbocycles. The van der Waals surface area contributed by atoms with Crippen LogP contribution in [0.1, 0.15) is 125 Å². The first-order valence-electron chi connectivity index (χ1n) is 14.7. The Balaban J connectivity index is 0. The zero-order valence-electron chi connectivity index (χ0n) is 24.1. The molecule has 3 nitrogen and oxygen atoms in total. The average molecular weight is 490 g/mol. The average Bonchev–Trinajstić information content (AvgIpc) is 2.82. The summed E-state index contributed by atoms with van der Waals surface area (Å²) in [4.78, 5) is 10.2. The van der Waals surface area contributed by atoms with Crippen molar-refractivity contribution in [2.24, 2.45) is 0 Å². The summed E-state index contributed by atoms with van der Waals surface area (Å²) in [5.41, 5.74) is 0. The summed E-state index contributed by atoms with van der Waals surface area (Å²) >= 11 is 0. The molecule has 3 heteroatoms. The van der Waals surface area contributed by atoms with Gasteiger partial charge in [-0.2, -0.15) is 0 Å². The number of unbranched alkanes of at least 4 members (excludes halogenated alkanes) is 4. The summed E-state index contributed by atoms with van der Waals surface area (Å²) in [6, 6.07) is 0. The quantitative estimate of drug-likeness (QED) is 0.0871. The number of hydrogen-bond acceptors (Lipinski definition) is 2. The third-order valence-electron chi connectivity index (χ3n) is 6.00. The van der Waals surface area contributed by atoms with Crippen LogP contribution in [0.25, 0.3) is 0 Å². The molecule has 0 saturated heterocycles. The van der Waals surface area contributed by atoms with Crippen molar-refractivity contribution in [3.63, 3.8) is 0 Å². The number of carbonyl (C=O) groups excluding carboxylic acids is 1. The molecule has 0 aliphatic heterocycles. The fourth-order valence-electron chi connectivity index (χ4n) is 4.49. The highest BCUT2D eigenvalue weighted by Gasteiger charge is 2.22. The molecule has 35 heavy (non-hydrogen) atoms. The highest BCUT2D eigenvalue weighted by atomic mass is 16.4. The molecule has 0 aliphatic rings. The van der Waals surface area contributed by atoms with Crippen LogP contribution in [0.2, 0.25) is 0 Å². The number of quaternary nitrogens is 1. The predicted octanol–water partition coefficient (Wildman–Crippen LogP) is 8.33. The summed E-state index contributed by atoms with van der Waals surface area (Å²) in [7, 11) is 0. The molecule has 204 valence electrons. The second-order valence-corrected chi connectivity index (χ2v) is 9.59. The van der Waals surface area contributed by atoms with Crippen molar-refractivity contribution in [2.45, 2.75) is 125 Å². The lowest BCUT2D eigenvalue weighted by Gasteiger charge is -2.38. The Labute approximate surface area is 219 Å². The van der Waals surface area contributed by atoms with E-state index in [-0.39, 0.29) is 6.42 Å². The number of carbonyl (C=O) groups is 1. The molecule has 0 heterocycles. The minimum absolute atomic E-state index is 0.151. The minimum atomic E-state index is -0.962. The third kappa shape index (κ3) is 26.8. The Bertz CT molecular complexity index is 530. The molecule has 0 aromatic rings. The van der Waals surface area contributed by atoms with E-state index in [0.717, 1.165) is 25.7 Å². The maximum absolute atomic E-state index is 10.2. The standard InChI is InChI=1S/C20H32O2.C12H28N/c1-2-3-4-5-6-7-8-9-10-11-12-13-14-15-16-17-18-19-20(21)22;1-5-9-13(10-6-2,11-7-3)12-8-4/h6-7,9-10,12-13,15-16H,2-5,8,11,14,17-19H2,1H3,(H,21,22);5-12H2,1-4H3/q;+1/p-1/b7-6-,10-9-,13-12-,16-15-;. The van der Waals surface area contributed by atoms with Gasteiger partial charge in [0.15, 0.2) is 0 Å². The van der Waals surface area contributed by atoms with Crippen LogP contribution in [0.5, 0.6) is 0 Å². The highest BCUT2D eigenvalue weighted by molar-refractivity contribution is 5.64. The molecule has 0 aliphatic carbocycles. The monoisotopic (exact) mass is 489 g/mol. The summed E-state index contributed by atoms with van der Waals surface area (Å²) in [6.07, 6.45) is 32.3. The van der Waals surface area contributed by atoms with Crippen molar-refractivity contribution < 1.29 is 14.4 Å². The topological polar surface area (TPSA) is 40.1 Å². The number of hydrogen-bond donors (Lipinski definition) is 0. The molecule has 0 fully saturated rings. The van der Waals surface area contributed by atoms with Crippen molar-refractivity contribution in [1.82, 2.24) is 0 Å². The second kappa shape index (κ2) is 28.6. The normalized spacial score (nSPS) is 12.3. The lowest BCUT2D eigenvalue weighted by Crippen LogP contribution is -2.50. The number of rotatable bonds is 22. The van der Waals surface area contributed by atoms with Gasteiger partial charge in [0.1, 0.15) is 0 Å². The lowest BCUT2D eigenvalue weighted by molar-refractivity contribution is -0.928. The van der Waals surface area contributed by atoms with Crippen LogP contribution in [0.3, 0.4) is 0 Å². The van der Waals surface area contributed by atoms with E-state index < -0.39 is 5.97 Å². The molecule has 0 unspecified atom stereocenters. The molecule has 0 N–H and O–H groups in total. The molecular formula is C32H59NO2. The van der Waals surface area contributed by atoms with E-state index in [4.69, 9.17) is 0 Å². The maximum Gasteiger partial charge on any atom is 0.0783 e. The predicted molar refractivity (Wildman–Crippen MR) is 154 cm³/mol. The van der Waals surface area contributed by atoms with Gasteiger partial charge in [0.05, 0.1) is 26.2 Å². The molecule has 0 rings (SSSR count). The van der Waals surface area contributed by atoms with Crippen molar-refractivity contribution in [3.8, 4) is 0 Å². The molecule has 0 atom stereocenters. The Kier molecular flexibility index (Phi) is 29.1. The van der Waals surface area contributed by atoms with Crippen molar-refractivity contribution >= 4 is 5.97 Å². The van der Waals surface area contributed by atoms with Gasteiger partial charge in [-0.05, 0) is 77.0 Å². The Hall–Kier alpha value is -1.61. The van der Waals surface area contributed by atoms with Crippen molar-refractivity contribution in [3.05, 3.63) is 48.6 Å². The number of aliphatic carboxylic acids is 1. The van der Waals surface area contributed by atoms with E-state index in [1.165, 1.54) is 82.0 Å². The fourth-order valence-corrected chi connectivity index (χ4v) is 4.49. The van der Waals surface area contributed by atoms with Gasteiger partial charge in [0.2, 0.25) is 0 Å². The molecule has 0 amide bonds. The summed E-state index contributed by atoms with van der Waals surface area (Å²) < 4.78 is 1.38. The van der Waals surface area contributed by atoms with Crippen LogP contribution in [0, 0.1) is 0 Å². The molecule has 0 spiro atoms. The van der Waals surface area contributed by atoms with Gasteiger partial charge in [-0.3, -0.25) is 0 Å². The van der Waals surface area contributed by atoms with Gasteiger partial charge in [-0.25, -0.2) is 0 Å². The largest absolute Gasteiger partial charge is 0.550 e. The first-order chi connectivity index (χ1) is 17.0. The van der Waals surface area contributed by atoms with Crippen LogP contribution in [0.15, 0.2) is 48.6 Å². The summed E-state index contributed by atoms with van der Waals surface area (Å²) in [6.45, 7) is 17.0. The molecule has 0 radical (unpaired) electrons. The van der Waals surface area contributed by atoms with Gasteiger partial charge in [0.25, 0.3) is 0 Å². The van der Waals surface area contributed by atoms with Crippen LogP contribution in [-0.2, 0) is 4.79 Å². The first kappa shape index (κ1) is 35.6. The lowest BCUT2D eigenvalue weighted by atomic mass is 10.2. The minimum Gasteiger partial charge on any atom is -0.550 e. The number of carboxylic acids is 1. The zero-order valence-corrected chi connectivity index (χ0v) is 24.1. The smallest absolute Gasteiger partial charge is 0.0783 e. The van der Waals surface area contributed by atoms with Gasteiger partial charge < -0.3 is 14.4 Å². The number of nitrogens with zero attached hydrogens (tertiary/aromatic N) is 1. The van der Waals surface area contributed by atoms with Gasteiger partial charge in [-0.15, -0.1) is 0 Å². The first-order valence-corrected chi connectivity index (χ1v) is 14.7. The van der Waals surface area contributed by atoms with E-state index in [1.807, 2.05) is 6.08 Å². The zero-order chi connectivity index (χ0) is 26.5. The van der Waals surface area contributed by atoms with E-state index in [2.05, 4.69) is 77.2 Å². The fraction of sp³-hybridized carbons (Fsp3) is 0.719. The van der Waals surface area contributed by atoms with E-state index in [9.17, 15) is 9.90 Å². The van der Waals surface area contributed by atoms with Gasteiger partial charge >= 0.3 is 0 Å². The SMILES string of the molecule is CCCCC/C=C\C/C=C\C/C=C\C/C=C\CCCC(=O)[O-].CCC[N+](CCC)(CCC)CCC. The molecular weight excluding hydrogens is 430 g/mol. The molecule has 0 aromatic heterocycles. The molecule has 0 bridgehead atoms. The van der Waals surface area contributed by atoms with E-state index in [1.54, 1.807) is 0 Å². The van der Waals surface area contributed by atoms with E-state index in [0.29, 0.717) is 6.42 Å². The van der Waals surface area contributed by atoms with Crippen molar-refractivity contribution in [2.75, 3.05) is 26.2 Å². The molecule has 0 saturated carbocycles. The Morgan fingerprint density at radius 3 is 1.26 bits per heavy atom. The Morgan fingerprint density at radius 1 is 0.543 bits per heavy atom. The number of carboxylic acid groups (broad SMARTS) is 1.